The molecule has 0 aliphatic carbocycles. The van der Waals surface area contributed by atoms with Gasteiger partial charge in [0.05, 0.1) is 5.02 Å². The Balaban J connectivity index is 2.52. The molecule has 0 N–H and O–H groups in total. The Morgan fingerprint density at radius 2 is 1.93 bits per heavy atom. The van der Waals surface area contributed by atoms with Crippen molar-refractivity contribution in [3.8, 4) is 0 Å². The predicted octanol–water partition coefficient (Wildman–Crippen LogP) is 1.73. The minimum Gasteiger partial charge on any atom is -0.358 e. The van der Waals surface area contributed by atoms with Crippen molar-refractivity contribution in [2.45, 2.75) is 0 Å². The first-order valence-electron chi connectivity index (χ1n) is 4.57. The maximum absolute atomic E-state index is 5.75. The summed E-state index contributed by atoms with van der Waals surface area (Å²) >= 11 is 5.75. The van der Waals surface area contributed by atoms with Crippen molar-refractivity contribution >= 4 is 17.4 Å². The van der Waals surface area contributed by atoms with E-state index in [4.69, 9.17) is 11.6 Å². The maximum atomic E-state index is 5.75. The molecule has 0 unspecified atom stereocenters. The van der Waals surface area contributed by atoms with E-state index in [2.05, 4.69) is 28.9 Å². The summed E-state index contributed by atoms with van der Waals surface area (Å²) in [4.78, 5) is 8.48. The maximum Gasteiger partial charge on any atom is 0.128 e. The third kappa shape index (κ3) is 3.52. The lowest BCUT2D eigenvalue weighted by Crippen LogP contribution is -2.28. The van der Waals surface area contributed by atoms with E-state index >= 15 is 0 Å². The van der Waals surface area contributed by atoms with Crippen LogP contribution in [0, 0.1) is 0 Å². The van der Waals surface area contributed by atoms with Gasteiger partial charge in [0, 0.05) is 26.3 Å². The van der Waals surface area contributed by atoms with Gasteiger partial charge in [0.25, 0.3) is 0 Å². The topological polar surface area (TPSA) is 19.4 Å². The quantitative estimate of drug-likeness (QED) is 0.760. The van der Waals surface area contributed by atoms with Crippen LogP contribution < -0.4 is 4.90 Å². The van der Waals surface area contributed by atoms with Crippen molar-refractivity contribution in [1.29, 1.82) is 0 Å². The number of nitrogens with zero attached hydrogens (tertiary/aromatic N) is 3. The van der Waals surface area contributed by atoms with E-state index in [1.165, 1.54) is 0 Å². The highest BCUT2D eigenvalue weighted by Gasteiger charge is 2.01. The van der Waals surface area contributed by atoms with E-state index in [1.807, 2.05) is 19.2 Å². The molecule has 0 radical (unpaired) electrons. The lowest BCUT2D eigenvalue weighted by molar-refractivity contribution is 0.416. The summed E-state index contributed by atoms with van der Waals surface area (Å²) in [6, 6.07) is 3.79. The van der Waals surface area contributed by atoms with Gasteiger partial charge in [0.2, 0.25) is 0 Å². The van der Waals surface area contributed by atoms with Crippen LogP contribution in [0.3, 0.4) is 0 Å². The van der Waals surface area contributed by atoms with Crippen molar-refractivity contribution < 1.29 is 0 Å². The fourth-order valence-corrected chi connectivity index (χ4v) is 1.17. The Bertz CT molecular complexity index is 271. The lowest BCUT2D eigenvalue weighted by atomic mass is 10.4. The summed E-state index contributed by atoms with van der Waals surface area (Å²) in [5.41, 5.74) is 0. The highest BCUT2D eigenvalue weighted by Crippen LogP contribution is 2.12. The Morgan fingerprint density at radius 1 is 1.21 bits per heavy atom. The van der Waals surface area contributed by atoms with E-state index in [9.17, 15) is 0 Å². The summed E-state index contributed by atoms with van der Waals surface area (Å²) in [7, 11) is 6.14. The first-order valence-corrected chi connectivity index (χ1v) is 4.95. The van der Waals surface area contributed by atoms with Crippen LogP contribution in [0.15, 0.2) is 18.3 Å². The first-order chi connectivity index (χ1) is 6.59. The Labute approximate surface area is 90.3 Å². The SMILES string of the molecule is CN(C)CCN(C)c1ccc(Cl)cn1. The van der Waals surface area contributed by atoms with Crippen LogP contribution in [-0.4, -0.2) is 44.1 Å². The average Bonchev–Trinajstić information content (AvgIpc) is 2.15. The molecule has 0 bridgehead atoms. The van der Waals surface area contributed by atoms with Crippen molar-refractivity contribution in [3.63, 3.8) is 0 Å². The Hall–Kier alpha value is -0.800. The number of anilines is 1. The van der Waals surface area contributed by atoms with Gasteiger partial charge in [-0.3, -0.25) is 0 Å². The predicted molar refractivity (Wildman–Crippen MR) is 61.1 cm³/mol. The number of hydrogen-bond donors (Lipinski definition) is 0. The molecule has 0 spiro atoms. The summed E-state index contributed by atoms with van der Waals surface area (Å²) in [6.45, 7) is 1.97. The number of pyridine rings is 1. The highest BCUT2D eigenvalue weighted by molar-refractivity contribution is 6.30. The van der Waals surface area contributed by atoms with Gasteiger partial charge in [-0.2, -0.15) is 0 Å². The van der Waals surface area contributed by atoms with Gasteiger partial charge in [-0.1, -0.05) is 11.6 Å². The zero-order chi connectivity index (χ0) is 10.6. The molecule has 3 nitrogen and oxygen atoms in total. The summed E-state index contributed by atoms with van der Waals surface area (Å²) in [6.07, 6.45) is 1.67. The highest BCUT2D eigenvalue weighted by atomic mass is 35.5. The van der Waals surface area contributed by atoms with E-state index in [1.54, 1.807) is 6.20 Å². The molecule has 0 saturated heterocycles. The standard InChI is InChI=1S/C10H16ClN3/c1-13(2)6-7-14(3)10-5-4-9(11)8-12-10/h4-5,8H,6-7H2,1-3H3. The van der Waals surface area contributed by atoms with Crippen LogP contribution >= 0.6 is 11.6 Å². The van der Waals surface area contributed by atoms with Gasteiger partial charge < -0.3 is 9.80 Å². The molecule has 1 aromatic rings. The van der Waals surface area contributed by atoms with Crippen LogP contribution in [0.5, 0.6) is 0 Å². The van der Waals surface area contributed by atoms with Gasteiger partial charge in [0.15, 0.2) is 0 Å². The van der Waals surface area contributed by atoms with Gasteiger partial charge in [-0.05, 0) is 26.2 Å². The fraction of sp³-hybridized carbons (Fsp3) is 0.500. The lowest BCUT2D eigenvalue weighted by Gasteiger charge is -2.20. The first kappa shape index (κ1) is 11.3. The number of rotatable bonds is 4. The van der Waals surface area contributed by atoms with Gasteiger partial charge in [-0.25, -0.2) is 4.98 Å². The van der Waals surface area contributed by atoms with Gasteiger partial charge in [0.1, 0.15) is 5.82 Å². The number of likely N-dealkylation sites (N-methyl/N-ethyl adjacent to an activating group) is 2. The van der Waals surface area contributed by atoms with Gasteiger partial charge in [-0.15, -0.1) is 0 Å². The molecular formula is C10H16ClN3. The molecule has 78 valence electrons. The molecule has 1 aromatic heterocycles. The number of hydrogen-bond acceptors (Lipinski definition) is 3. The van der Waals surface area contributed by atoms with E-state index < -0.39 is 0 Å². The molecule has 0 aromatic carbocycles. The molecular weight excluding hydrogens is 198 g/mol. The summed E-state index contributed by atoms with van der Waals surface area (Å²) < 4.78 is 0. The smallest absolute Gasteiger partial charge is 0.128 e. The van der Waals surface area contributed by atoms with Crippen LogP contribution in [-0.2, 0) is 0 Å². The average molecular weight is 214 g/mol. The van der Waals surface area contributed by atoms with Crippen molar-refractivity contribution in [1.82, 2.24) is 9.88 Å². The molecule has 0 fully saturated rings. The van der Waals surface area contributed by atoms with E-state index in [-0.39, 0.29) is 0 Å². The van der Waals surface area contributed by atoms with Crippen LogP contribution in [0.1, 0.15) is 0 Å². The second kappa shape index (κ2) is 5.17. The van der Waals surface area contributed by atoms with Crippen LogP contribution in [0.25, 0.3) is 0 Å². The summed E-state index contributed by atoms with van der Waals surface area (Å²) in [5, 5.41) is 0.676. The van der Waals surface area contributed by atoms with Crippen molar-refractivity contribution in [2.24, 2.45) is 0 Å². The van der Waals surface area contributed by atoms with E-state index in [0.29, 0.717) is 5.02 Å². The molecule has 1 heterocycles. The summed E-state index contributed by atoms with van der Waals surface area (Å²) in [5.74, 6) is 0.955. The second-order valence-electron chi connectivity index (χ2n) is 3.56. The third-order valence-electron chi connectivity index (χ3n) is 1.99. The molecule has 0 amide bonds. The normalized spacial score (nSPS) is 10.6. The van der Waals surface area contributed by atoms with Crippen LogP contribution in [0.4, 0.5) is 5.82 Å². The Morgan fingerprint density at radius 3 is 2.43 bits per heavy atom. The Kier molecular flexibility index (Phi) is 4.17. The fourth-order valence-electron chi connectivity index (χ4n) is 1.06. The van der Waals surface area contributed by atoms with Crippen LogP contribution in [0.2, 0.25) is 5.02 Å². The van der Waals surface area contributed by atoms with Gasteiger partial charge >= 0.3 is 0 Å². The molecule has 0 saturated carbocycles. The minimum absolute atomic E-state index is 0.676. The largest absolute Gasteiger partial charge is 0.358 e. The van der Waals surface area contributed by atoms with E-state index in [0.717, 1.165) is 18.9 Å². The third-order valence-corrected chi connectivity index (χ3v) is 2.21. The monoisotopic (exact) mass is 213 g/mol. The molecule has 0 aliphatic heterocycles. The zero-order valence-corrected chi connectivity index (χ0v) is 9.62. The zero-order valence-electron chi connectivity index (χ0n) is 8.87. The second-order valence-corrected chi connectivity index (χ2v) is 4.00. The molecule has 0 atom stereocenters. The molecule has 14 heavy (non-hydrogen) atoms. The number of halogens is 1. The van der Waals surface area contributed by atoms with Crippen molar-refractivity contribution in [3.05, 3.63) is 23.4 Å². The number of aromatic nitrogens is 1. The molecule has 0 aliphatic rings. The minimum atomic E-state index is 0.676. The molecule has 1 rings (SSSR count). The van der Waals surface area contributed by atoms with Crippen molar-refractivity contribution in [2.75, 3.05) is 39.1 Å². The molecule has 4 heteroatoms.